The Morgan fingerprint density at radius 2 is 1.45 bits per heavy atom. The lowest BCUT2D eigenvalue weighted by atomic mass is 9.77. The number of aliphatic hydroxyl groups is 1. The summed E-state index contributed by atoms with van der Waals surface area (Å²) in [5, 5.41) is 28.4. The van der Waals surface area contributed by atoms with Gasteiger partial charge in [0.25, 0.3) is 0 Å². The van der Waals surface area contributed by atoms with E-state index in [4.69, 9.17) is 51.6 Å². The fourth-order valence-electron chi connectivity index (χ4n) is 10.8. The number of pyridine rings is 1. The SMILES string of the molecule is COc1cc(Nc2c(C#N)cnc3cc(OCCCN4CCN(CCCCCCOCCOCCOCCCCCC(=O)C[C@H](CN5C[C@H](O)C[C@H]5C(=O)NCc5ccc(-c6scnc6C)cc5)C(C)(C)C)CC4)c(OC)cc23)c(Cl)cc1Cl. The number of ketones is 1. The monoisotopic (exact) mass is 1210 g/mol. The van der Waals surface area contributed by atoms with E-state index in [9.17, 15) is 20.0 Å². The Morgan fingerprint density at radius 1 is 0.798 bits per heavy atom. The van der Waals surface area contributed by atoms with E-state index in [-0.39, 0.29) is 23.0 Å². The number of Topliss-reactive ketones (excluding diaryl/α,β-unsaturated/α-hetero) is 1. The molecule has 5 aromatic rings. The number of nitrogens with one attached hydrogen (secondary N) is 2. The Balaban J connectivity index is 0.653. The number of carbonyl (C=O) groups excluding carboxylic acids is 2. The molecule has 2 fully saturated rings. The van der Waals surface area contributed by atoms with E-state index in [1.807, 2.05) is 36.7 Å². The standard InChI is InChI=1S/C64H88Cl2N8O9S/c1-45-62(84-44-70-45)47-18-16-46(17-19-47)40-69-63(77)57-34-51(76)43-74(57)42-49(64(2,3)4)33-50(75)15-10-9-13-27-81-30-32-82-31-29-80-26-12-8-7-11-20-72-22-24-73(25-23-72)21-14-28-83-60-37-55-52(35-59(60)79-6)61(48(39-67)41-68-55)71-56-38-58(78-5)54(66)36-53(56)65/h16-19,35-38,41,44,49,51,57,76H,7-15,20-34,40,42-43H2,1-6H3,(H,68,71)(H,69,77)/t49-,51-,57+/m1/s1. The van der Waals surface area contributed by atoms with Crippen LogP contribution in [-0.2, 0) is 30.3 Å². The van der Waals surface area contributed by atoms with Crippen LogP contribution in [-0.4, -0.2) is 166 Å². The maximum absolute atomic E-state index is 13.5. The molecule has 2 aromatic heterocycles. The lowest BCUT2D eigenvalue weighted by molar-refractivity contribution is -0.126. The summed E-state index contributed by atoms with van der Waals surface area (Å²) in [4.78, 5) is 43.9. The molecule has 0 radical (unpaired) electrons. The molecule has 84 heavy (non-hydrogen) atoms. The molecule has 0 spiro atoms. The number of rotatable bonds is 36. The Morgan fingerprint density at radius 3 is 2.10 bits per heavy atom. The summed E-state index contributed by atoms with van der Waals surface area (Å²) >= 11 is 14.4. The van der Waals surface area contributed by atoms with Gasteiger partial charge in [0.1, 0.15) is 17.6 Å². The number of nitrogens with zero attached hydrogens (tertiary/aromatic N) is 6. The summed E-state index contributed by atoms with van der Waals surface area (Å²) in [6.07, 6.45) is 10.4. The number of unbranched alkanes of at least 4 members (excludes halogenated alkanes) is 5. The molecular formula is C64H88Cl2N8O9S. The number of aromatic nitrogens is 2. The maximum Gasteiger partial charge on any atom is 0.237 e. The minimum absolute atomic E-state index is 0.0551. The van der Waals surface area contributed by atoms with Crippen molar-refractivity contribution in [3.8, 4) is 33.8 Å². The number of hydrogen-bond donors (Lipinski definition) is 3. The number of thiazole rings is 1. The van der Waals surface area contributed by atoms with Crippen molar-refractivity contribution in [1.82, 2.24) is 30.0 Å². The highest BCUT2D eigenvalue weighted by molar-refractivity contribution is 7.13. The third-order valence-corrected chi connectivity index (χ3v) is 17.5. The van der Waals surface area contributed by atoms with Crippen molar-refractivity contribution in [2.45, 2.75) is 117 Å². The van der Waals surface area contributed by atoms with Crippen LogP contribution >= 0.6 is 34.5 Å². The zero-order chi connectivity index (χ0) is 59.8. The number of amides is 1. The first-order valence-corrected chi connectivity index (χ1v) is 31.5. The highest BCUT2D eigenvalue weighted by atomic mass is 35.5. The number of methoxy groups -OCH3 is 2. The Labute approximate surface area is 511 Å². The van der Waals surface area contributed by atoms with E-state index in [0.29, 0.717) is 134 Å². The maximum atomic E-state index is 13.5. The van der Waals surface area contributed by atoms with Gasteiger partial charge in [0.05, 0.1) is 108 Å². The number of fused-ring (bicyclic) bond motifs is 1. The predicted octanol–water partition coefficient (Wildman–Crippen LogP) is 11.5. The minimum atomic E-state index is -0.575. The molecule has 4 heterocycles. The summed E-state index contributed by atoms with van der Waals surface area (Å²) in [6, 6.07) is 16.9. The summed E-state index contributed by atoms with van der Waals surface area (Å²) < 4.78 is 34.7. The second-order valence-corrected chi connectivity index (χ2v) is 24.7. The number of aryl methyl sites for hydroxylation is 1. The Kier molecular flexibility index (Phi) is 27.1. The van der Waals surface area contributed by atoms with E-state index in [1.54, 1.807) is 30.6 Å². The molecule has 3 N–H and O–H groups in total. The van der Waals surface area contributed by atoms with Crippen LogP contribution in [0.5, 0.6) is 17.2 Å². The molecule has 7 rings (SSSR count). The zero-order valence-corrected chi connectivity index (χ0v) is 52.5. The molecule has 17 nitrogen and oxygen atoms in total. The van der Waals surface area contributed by atoms with Crippen LogP contribution in [0, 0.1) is 29.6 Å². The van der Waals surface area contributed by atoms with Crippen molar-refractivity contribution in [3.63, 3.8) is 0 Å². The van der Waals surface area contributed by atoms with Gasteiger partial charge in [-0.3, -0.25) is 19.5 Å². The number of likely N-dealkylation sites (tertiary alicyclic amines) is 1. The number of anilines is 2. The predicted molar refractivity (Wildman–Crippen MR) is 334 cm³/mol. The smallest absolute Gasteiger partial charge is 0.237 e. The van der Waals surface area contributed by atoms with Crippen molar-refractivity contribution in [1.29, 1.82) is 5.26 Å². The number of ether oxygens (including phenoxy) is 6. The van der Waals surface area contributed by atoms with E-state index < -0.39 is 12.1 Å². The van der Waals surface area contributed by atoms with Crippen molar-refractivity contribution >= 4 is 68.5 Å². The van der Waals surface area contributed by atoms with E-state index >= 15 is 0 Å². The van der Waals surface area contributed by atoms with Crippen LogP contribution in [0.3, 0.4) is 0 Å². The molecule has 2 aliphatic rings. The van der Waals surface area contributed by atoms with Crippen molar-refractivity contribution < 1.29 is 43.1 Å². The Bertz CT molecular complexity index is 2890. The van der Waals surface area contributed by atoms with Crippen LogP contribution < -0.4 is 24.8 Å². The van der Waals surface area contributed by atoms with Crippen molar-refractivity contribution in [2.24, 2.45) is 11.3 Å². The van der Waals surface area contributed by atoms with E-state index in [1.165, 1.54) is 26.1 Å². The fourth-order valence-corrected chi connectivity index (χ4v) is 12.1. The van der Waals surface area contributed by atoms with Gasteiger partial charge in [-0.15, -0.1) is 11.3 Å². The number of halogens is 2. The lowest BCUT2D eigenvalue weighted by Gasteiger charge is -2.35. The topological polar surface area (TPSA) is 193 Å². The second kappa shape index (κ2) is 34.2. The molecule has 20 heteroatoms. The van der Waals surface area contributed by atoms with Crippen molar-refractivity contribution in [3.05, 3.63) is 87.1 Å². The number of nitriles is 1. The highest BCUT2D eigenvalue weighted by Crippen LogP contribution is 2.41. The normalized spacial score (nSPS) is 16.4. The molecule has 0 unspecified atom stereocenters. The molecule has 1 amide bonds. The Hall–Kier alpha value is -5.17. The van der Waals surface area contributed by atoms with Gasteiger partial charge < -0.3 is 54.0 Å². The first kappa shape index (κ1) is 66.4. The average molecular weight is 1220 g/mol. The number of piperazine rings is 1. The van der Waals surface area contributed by atoms with Gasteiger partial charge in [0.15, 0.2) is 11.5 Å². The van der Waals surface area contributed by atoms with E-state index in [2.05, 4.69) is 74.3 Å². The fraction of sp³-hybridized carbons (Fsp3) is 0.578. The highest BCUT2D eigenvalue weighted by Gasteiger charge is 2.39. The van der Waals surface area contributed by atoms with Crippen LogP contribution in [0.25, 0.3) is 21.3 Å². The molecule has 458 valence electrons. The van der Waals surface area contributed by atoms with Gasteiger partial charge >= 0.3 is 0 Å². The van der Waals surface area contributed by atoms with Gasteiger partial charge in [-0.2, -0.15) is 5.26 Å². The molecule has 3 aromatic carbocycles. The molecular weight excluding hydrogens is 1130 g/mol. The molecule has 3 atom stereocenters. The van der Waals surface area contributed by atoms with Crippen molar-refractivity contribution in [2.75, 3.05) is 118 Å². The number of hydrogen-bond acceptors (Lipinski definition) is 17. The summed E-state index contributed by atoms with van der Waals surface area (Å²) in [5.41, 5.74) is 6.89. The van der Waals surface area contributed by atoms with Crippen LogP contribution in [0.2, 0.25) is 10.0 Å². The number of β-amino-alcohol motifs (C(OH)–C–C–N with tert-alkyl or cyclic N) is 1. The molecule has 0 aliphatic carbocycles. The molecule has 2 saturated heterocycles. The van der Waals surface area contributed by atoms with Crippen LogP contribution in [0.4, 0.5) is 11.4 Å². The quantitative estimate of drug-likeness (QED) is 0.0320. The molecule has 0 bridgehead atoms. The van der Waals surface area contributed by atoms with Gasteiger partial charge in [-0.25, -0.2) is 4.98 Å². The van der Waals surface area contributed by atoms with Gasteiger partial charge in [0, 0.05) is 102 Å². The number of carbonyl (C=O) groups is 2. The number of aliphatic hydroxyl groups excluding tert-OH is 1. The first-order valence-electron chi connectivity index (χ1n) is 29.9. The average Bonchev–Trinajstić information content (AvgIpc) is 4.23. The lowest BCUT2D eigenvalue weighted by Crippen LogP contribution is -2.46. The van der Waals surface area contributed by atoms with Gasteiger partial charge in [-0.05, 0) is 86.6 Å². The molecule has 2 aliphatic heterocycles. The van der Waals surface area contributed by atoms with Crippen LogP contribution in [0.15, 0.2) is 60.2 Å². The summed E-state index contributed by atoms with van der Waals surface area (Å²) in [6.45, 7) is 20.3. The number of benzene rings is 3. The molecule has 0 saturated carbocycles. The van der Waals surface area contributed by atoms with Gasteiger partial charge in [-0.1, -0.05) is 87.5 Å². The zero-order valence-electron chi connectivity index (χ0n) is 50.2. The third-order valence-electron chi connectivity index (χ3n) is 15.9. The van der Waals surface area contributed by atoms with Gasteiger partial charge in [0.2, 0.25) is 5.91 Å². The van der Waals surface area contributed by atoms with E-state index in [0.717, 1.165) is 106 Å². The summed E-state index contributed by atoms with van der Waals surface area (Å²) in [7, 11) is 3.12. The third kappa shape index (κ3) is 20.5. The largest absolute Gasteiger partial charge is 0.495 e. The minimum Gasteiger partial charge on any atom is -0.495 e. The summed E-state index contributed by atoms with van der Waals surface area (Å²) in [5.74, 6) is 1.80. The van der Waals surface area contributed by atoms with Crippen LogP contribution in [0.1, 0.15) is 108 Å². The first-order chi connectivity index (χ1) is 40.6. The second-order valence-electron chi connectivity index (χ2n) is 23.1.